The van der Waals surface area contributed by atoms with Gasteiger partial charge in [0.05, 0.1) is 0 Å². The minimum absolute atomic E-state index is 0.671. The first kappa shape index (κ1) is 11.6. The summed E-state index contributed by atoms with van der Waals surface area (Å²) in [6.07, 6.45) is 2.06. The predicted octanol–water partition coefficient (Wildman–Crippen LogP) is 1.89. The van der Waals surface area contributed by atoms with Gasteiger partial charge in [0.1, 0.15) is 10.0 Å². The average Bonchev–Trinajstić information content (AvgIpc) is 2.52. The van der Waals surface area contributed by atoms with E-state index in [0.717, 1.165) is 30.9 Å². The Kier molecular flexibility index (Phi) is 5.04. The van der Waals surface area contributed by atoms with E-state index in [4.69, 9.17) is 0 Å². The van der Waals surface area contributed by atoms with Crippen LogP contribution < -0.4 is 5.32 Å². The van der Waals surface area contributed by atoms with Crippen molar-refractivity contribution < 1.29 is 0 Å². The first-order valence-corrected chi connectivity index (χ1v) is 6.06. The second kappa shape index (κ2) is 6.09. The zero-order valence-electron chi connectivity index (χ0n) is 9.21. The van der Waals surface area contributed by atoms with Crippen LogP contribution in [0.1, 0.15) is 30.8 Å². The molecule has 1 heterocycles. The molecule has 0 amide bonds. The molecule has 1 aromatic rings. The zero-order chi connectivity index (χ0) is 10.4. The highest BCUT2D eigenvalue weighted by molar-refractivity contribution is 7.11. The van der Waals surface area contributed by atoms with Crippen molar-refractivity contribution in [1.82, 2.24) is 15.5 Å². The molecule has 0 aliphatic heterocycles. The van der Waals surface area contributed by atoms with Crippen molar-refractivity contribution in [3.05, 3.63) is 10.0 Å². The third-order valence-corrected chi connectivity index (χ3v) is 2.86. The van der Waals surface area contributed by atoms with Crippen molar-refractivity contribution in [1.29, 1.82) is 0 Å². The molecule has 1 aromatic heterocycles. The molecule has 3 nitrogen and oxygen atoms in total. The van der Waals surface area contributed by atoms with Gasteiger partial charge in [-0.25, -0.2) is 0 Å². The van der Waals surface area contributed by atoms with E-state index in [1.807, 2.05) is 0 Å². The Labute approximate surface area is 89.9 Å². The monoisotopic (exact) mass is 213 g/mol. The lowest BCUT2D eigenvalue weighted by atomic mass is 10.1. The van der Waals surface area contributed by atoms with E-state index in [1.165, 1.54) is 5.01 Å². The molecule has 1 rings (SSSR count). The maximum Gasteiger partial charge on any atom is 0.118 e. The molecular weight excluding hydrogens is 194 g/mol. The molecule has 80 valence electrons. The van der Waals surface area contributed by atoms with Crippen molar-refractivity contribution in [2.45, 2.75) is 33.6 Å². The maximum absolute atomic E-state index is 4.18. The Hall–Kier alpha value is -0.480. The molecule has 0 saturated carbocycles. The van der Waals surface area contributed by atoms with Crippen LogP contribution in [0.4, 0.5) is 0 Å². The molecule has 4 heteroatoms. The normalized spacial score (nSPS) is 11.1. The van der Waals surface area contributed by atoms with Crippen LogP contribution in [0.3, 0.4) is 0 Å². The Morgan fingerprint density at radius 3 is 2.64 bits per heavy atom. The molecule has 0 aliphatic rings. The number of rotatable bonds is 6. The van der Waals surface area contributed by atoms with Crippen LogP contribution in [0.15, 0.2) is 0 Å². The summed E-state index contributed by atoms with van der Waals surface area (Å²) >= 11 is 1.75. The summed E-state index contributed by atoms with van der Waals surface area (Å²) in [5, 5.41) is 14.0. The van der Waals surface area contributed by atoms with E-state index in [9.17, 15) is 0 Å². The SMILES string of the molecule is CCNCCc1nnc(CC(C)C)s1. The van der Waals surface area contributed by atoms with E-state index in [1.54, 1.807) is 11.3 Å². The fraction of sp³-hybridized carbons (Fsp3) is 0.800. The summed E-state index contributed by atoms with van der Waals surface area (Å²) in [5.74, 6) is 0.671. The third-order valence-electron chi connectivity index (χ3n) is 1.86. The van der Waals surface area contributed by atoms with Crippen LogP contribution in [-0.2, 0) is 12.8 Å². The smallest absolute Gasteiger partial charge is 0.118 e. The molecule has 0 radical (unpaired) electrons. The number of nitrogens with one attached hydrogen (secondary N) is 1. The molecule has 0 bridgehead atoms. The van der Waals surface area contributed by atoms with Crippen molar-refractivity contribution in [2.75, 3.05) is 13.1 Å². The molecule has 0 unspecified atom stereocenters. The summed E-state index contributed by atoms with van der Waals surface area (Å²) < 4.78 is 0. The lowest BCUT2D eigenvalue weighted by molar-refractivity contribution is 0.639. The van der Waals surface area contributed by atoms with Crippen LogP contribution in [0.25, 0.3) is 0 Å². The first-order chi connectivity index (χ1) is 6.72. The average molecular weight is 213 g/mol. The number of nitrogens with zero attached hydrogens (tertiary/aromatic N) is 2. The summed E-state index contributed by atoms with van der Waals surface area (Å²) in [6.45, 7) is 8.56. The molecule has 0 atom stereocenters. The van der Waals surface area contributed by atoms with Crippen molar-refractivity contribution >= 4 is 11.3 Å². The van der Waals surface area contributed by atoms with E-state index in [-0.39, 0.29) is 0 Å². The maximum atomic E-state index is 4.18. The van der Waals surface area contributed by atoms with Gasteiger partial charge in [-0.3, -0.25) is 0 Å². The van der Waals surface area contributed by atoms with Gasteiger partial charge in [0.2, 0.25) is 0 Å². The lowest BCUT2D eigenvalue weighted by Gasteiger charge is -1.97. The van der Waals surface area contributed by atoms with Crippen molar-refractivity contribution in [3.8, 4) is 0 Å². The van der Waals surface area contributed by atoms with Crippen LogP contribution >= 0.6 is 11.3 Å². The van der Waals surface area contributed by atoms with Gasteiger partial charge in [0.25, 0.3) is 0 Å². The van der Waals surface area contributed by atoms with Crippen LogP contribution in [0.5, 0.6) is 0 Å². The Balaban J connectivity index is 2.35. The first-order valence-electron chi connectivity index (χ1n) is 5.24. The minimum atomic E-state index is 0.671. The molecular formula is C10H19N3S. The zero-order valence-corrected chi connectivity index (χ0v) is 10.0. The molecule has 0 aliphatic carbocycles. The molecule has 0 fully saturated rings. The molecule has 14 heavy (non-hydrogen) atoms. The summed E-state index contributed by atoms with van der Waals surface area (Å²) in [6, 6.07) is 0. The Morgan fingerprint density at radius 2 is 2.00 bits per heavy atom. The van der Waals surface area contributed by atoms with Crippen LogP contribution in [0.2, 0.25) is 0 Å². The van der Waals surface area contributed by atoms with Crippen LogP contribution in [-0.4, -0.2) is 23.3 Å². The van der Waals surface area contributed by atoms with Gasteiger partial charge in [-0.05, 0) is 12.5 Å². The topological polar surface area (TPSA) is 37.8 Å². The fourth-order valence-electron chi connectivity index (χ4n) is 1.19. The largest absolute Gasteiger partial charge is 0.317 e. The minimum Gasteiger partial charge on any atom is -0.317 e. The van der Waals surface area contributed by atoms with Gasteiger partial charge in [-0.1, -0.05) is 20.8 Å². The predicted molar refractivity (Wildman–Crippen MR) is 60.7 cm³/mol. The van der Waals surface area contributed by atoms with E-state index >= 15 is 0 Å². The van der Waals surface area contributed by atoms with E-state index < -0.39 is 0 Å². The fourth-order valence-corrected chi connectivity index (χ4v) is 2.25. The van der Waals surface area contributed by atoms with Crippen LogP contribution in [0, 0.1) is 5.92 Å². The molecule has 0 aromatic carbocycles. The standard InChI is InChI=1S/C10H19N3S/c1-4-11-6-5-9-12-13-10(14-9)7-8(2)3/h8,11H,4-7H2,1-3H3. The number of aromatic nitrogens is 2. The number of hydrogen-bond donors (Lipinski definition) is 1. The summed E-state index contributed by atoms with van der Waals surface area (Å²) in [4.78, 5) is 0. The van der Waals surface area contributed by atoms with Crippen molar-refractivity contribution in [2.24, 2.45) is 5.92 Å². The second-order valence-corrected chi connectivity index (χ2v) is 4.94. The van der Waals surface area contributed by atoms with Gasteiger partial charge in [-0.15, -0.1) is 21.5 Å². The Bertz CT molecular complexity index is 258. The lowest BCUT2D eigenvalue weighted by Crippen LogP contribution is -2.15. The van der Waals surface area contributed by atoms with Gasteiger partial charge >= 0.3 is 0 Å². The number of hydrogen-bond acceptors (Lipinski definition) is 4. The number of likely N-dealkylation sites (N-methyl/N-ethyl adjacent to an activating group) is 1. The van der Waals surface area contributed by atoms with Gasteiger partial charge < -0.3 is 5.32 Å². The third kappa shape index (κ3) is 4.15. The highest BCUT2D eigenvalue weighted by Crippen LogP contribution is 2.13. The van der Waals surface area contributed by atoms with Gasteiger partial charge in [0.15, 0.2) is 0 Å². The second-order valence-electron chi connectivity index (χ2n) is 3.79. The van der Waals surface area contributed by atoms with E-state index in [2.05, 4.69) is 36.3 Å². The molecule has 0 saturated heterocycles. The highest BCUT2D eigenvalue weighted by Gasteiger charge is 2.05. The Morgan fingerprint density at radius 1 is 1.29 bits per heavy atom. The highest BCUT2D eigenvalue weighted by atomic mass is 32.1. The van der Waals surface area contributed by atoms with Crippen molar-refractivity contribution in [3.63, 3.8) is 0 Å². The van der Waals surface area contributed by atoms with Gasteiger partial charge in [0, 0.05) is 19.4 Å². The van der Waals surface area contributed by atoms with Gasteiger partial charge in [-0.2, -0.15) is 0 Å². The van der Waals surface area contributed by atoms with E-state index in [0.29, 0.717) is 5.92 Å². The quantitative estimate of drug-likeness (QED) is 0.733. The summed E-state index contributed by atoms with van der Waals surface area (Å²) in [5.41, 5.74) is 0. The molecule has 0 spiro atoms. The summed E-state index contributed by atoms with van der Waals surface area (Å²) in [7, 11) is 0. The molecule has 1 N–H and O–H groups in total.